The van der Waals surface area contributed by atoms with Crippen LogP contribution in [-0.4, -0.2) is 40.7 Å². The number of nitrogens with one attached hydrogen (secondary N) is 1. The van der Waals surface area contributed by atoms with Crippen molar-refractivity contribution in [3.8, 4) is 0 Å². The highest BCUT2D eigenvalue weighted by molar-refractivity contribution is 5.72. The molecule has 1 aromatic heterocycles. The van der Waals surface area contributed by atoms with E-state index in [0.717, 1.165) is 5.56 Å². The van der Waals surface area contributed by atoms with Crippen LogP contribution in [0.1, 0.15) is 38.2 Å². The number of rotatable bonds is 7. The van der Waals surface area contributed by atoms with Crippen LogP contribution in [-0.2, 0) is 11.3 Å². The lowest BCUT2D eigenvalue weighted by molar-refractivity contribution is -0.135. The molecule has 0 saturated carbocycles. The number of allylic oxidation sites excluding steroid dienone is 1. The molecule has 0 aliphatic heterocycles. The van der Waals surface area contributed by atoms with Gasteiger partial charge in [-0.05, 0) is 32.6 Å². The van der Waals surface area contributed by atoms with Crippen LogP contribution in [0.4, 0.5) is 5.95 Å². The number of hydrogen-bond donors (Lipinski definition) is 2. The molecular formula is C16H24N4O2. The van der Waals surface area contributed by atoms with Crippen LogP contribution in [0.25, 0.3) is 0 Å². The van der Waals surface area contributed by atoms with Gasteiger partial charge < -0.3 is 15.3 Å². The maximum Gasteiger partial charge on any atom is 0.323 e. The minimum Gasteiger partial charge on any atom is -0.480 e. The van der Waals surface area contributed by atoms with Crippen molar-refractivity contribution in [2.45, 2.75) is 45.2 Å². The molecule has 2 N–H and O–H groups in total. The fraction of sp³-hybridized carbons (Fsp3) is 0.562. The Balaban J connectivity index is 1.85. The number of carboxylic acid groups (broad SMARTS) is 1. The van der Waals surface area contributed by atoms with E-state index in [-0.39, 0.29) is 6.54 Å². The zero-order valence-corrected chi connectivity index (χ0v) is 13.2. The third-order valence-electron chi connectivity index (χ3n) is 3.90. The van der Waals surface area contributed by atoms with E-state index < -0.39 is 5.97 Å². The standard InChI is InChI=1S/C16H24N4O2/c1-12(14-6-4-3-5-7-14)17-8-13-9-18-16(19-10-13)20(2)11-15(21)22/h6,9-10,12,17H,3-5,7-8,11H2,1-2H3,(H,21,22). The number of aliphatic carboxylic acids is 1. The summed E-state index contributed by atoms with van der Waals surface area (Å²) in [5, 5.41) is 12.2. The largest absolute Gasteiger partial charge is 0.480 e. The van der Waals surface area contributed by atoms with Gasteiger partial charge in [0.15, 0.2) is 0 Å². The van der Waals surface area contributed by atoms with E-state index in [2.05, 4.69) is 28.3 Å². The van der Waals surface area contributed by atoms with E-state index in [1.807, 2.05) is 0 Å². The normalized spacial score (nSPS) is 16.0. The summed E-state index contributed by atoms with van der Waals surface area (Å²) in [7, 11) is 1.67. The molecule has 1 aliphatic carbocycles. The van der Waals surface area contributed by atoms with Crippen molar-refractivity contribution < 1.29 is 9.90 Å². The van der Waals surface area contributed by atoms with Crippen molar-refractivity contribution >= 4 is 11.9 Å². The van der Waals surface area contributed by atoms with Crippen molar-refractivity contribution in [3.05, 3.63) is 29.6 Å². The summed E-state index contributed by atoms with van der Waals surface area (Å²) < 4.78 is 0. The summed E-state index contributed by atoms with van der Waals surface area (Å²) in [5.41, 5.74) is 2.49. The summed E-state index contributed by atoms with van der Waals surface area (Å²) >= 11 is 0. The van der Waals surface area contributed by atoms with Gasteiger partial charge in [-0.1, -0.05) is 11.6 Å². The molecule has 1 aliphatic rings. The smallest absolute Gasteiger partial charge is 0.323 e. The van der Waals surface area contributed by atoms with Gasteiger partial charge in [0.25, 0.3) is 0 Å². The molecule has 0 saturated heterocycles. The Morgan fingerprint density at radius 2 is 2.14 bits per heavy atom. The molecule has 0 fully saturated rings. The highest BCUT2D eigenvalue weighted by Gasteiger charge is 2.12. The quantitative estimate of drug-likeness (QED) is 0.750. The Bertz CT molecular complexity index is 527. The predicted octanol–water partition coefficient (Wildman–Crippen LogP) is 1.98. The van der Waals surface area contributed by atoms with Gasteiger partial charge in [-0.25, -0.2) is 9.97 Å². The first-order valence-corrected chi connectivity index (χ1v) is 7.72. The molecule has 2 rings (SSSR count). The first-order chi connectivity index (χ1) is 10.6. The molecule has 1 heterocycles. The van der Waals surface area contributed by atoms with Crippen molar-refractivity contribution in [2.24, 2.45) is 0 Å². The molecular weight excluding hydrogens is 280 g/mol. The van der Waals surface area contributed by atoms with E-state index in [1.54, 1.807) is 19.4 Å². The van der Waals surface area contributed by atoms with Crippen LogP contribution in [0.3, 0.4) is 0 Å². The SMILES string of the molecule is CC(NCc1cnc(N(C)CC(=O)O)nc1)C1=CCCCC1. The third kappa shape index (κ3) is 4.80. The van der Waals surface area contributed by atoms with Gasteiger partial charge >= 0.3 is 5.97 Å². The first kappa shape index (κ1) is 16.4. The number of likely N-dealkylation sites (N-methyl/N-ethyl adjacent to an activating group) is 1. The van der Waals surface area contributed by atoms with Crippen LogP contribution in [0.15, 0.2) is 24.0 Å². The molecule has 1 aromatic rings. The summed E-state index contributed by atoms with van der Waals surface area (Å²) in [6, 6.07) is 0.370. The fourth-order valence-corrected chi connectivity index (χ4v) is 2.57. The Kier molecular flexibility index (Phi) is 5.89. The number of hydrogen-bond acceptors (Lipinski definition) is 5. The fourth-order valence-electron chi connectivity index (χ4n) is 2.57. The Labute approximate surface area is 131 Å². The Hall–Kier alpha value is -1.95. The zero-order valence-electron chi connectivity index (χ0n) is 13.2. The second-order valence-electron chi connectivity index (χ2n) is 5.77. The van der Waals surface area contributed by atoms with Gasteiger partial charge in [0.2, 0.25) is 5.95 Å². The average molecular weight is 304 g/mol. The Morgan fingerprint density at radius 1 is 1.41 bits per heavy atom. The third-order valence-corrected chi connectivity index (χ3v) is 3.90. The van der Waals surface area contributed by atoms with E-state index in [9.17, 15) is 4.79 Å². The summed E-state index contributed by atoms with van der Waals surface area (Å²) in [6.07, 6.45) is 10.8. The highest BCUT2D eigenvalue weighted by Crippen LogP contribution is 2.20. The van der Waals surface area contributed by atoms with Gasteiger partial charge in [-0.15, -0.1) is 0 Å². The molecule has 6 heteroatoms. The number of aromatic nitrogens is 2. The van der Waals surface area contributed by atoms with Gasteiger partial charge in [0.1, 0.15) is 6.54 Å². The van der Waals surface area contributed by atoms with E-state index in [0.29, 0.717) is 18.5 Å². The minimum atomic E-state index is -0.897. The second-order valence-corrected chi connectivity index (χ2v) is 5.77. The topological polar surface area (TPSA) is 78.4 Å². The lowest BCUT2D eigenvalue weighted by Gasteiger charge is -2.21. The summed E-state index contributed by atoms with van der Waals surface area (Å²) in [6.45, 7) is 2.79. The molecule has 0 radical (unpaired) electrons. The van der Waals surface area contributed by atoms with Crippen LogP contribution in [0.2, 0.25) is 0 Å². The van der Waals surface area contributed by atoms with Crippen LogP contribution < -0.4 is 10.2 Å². The molecule has 120 valence electrons. The molecule has 0 amide bonds. The van der Waals surface area contributed by atoms with Gasteiger partial charge in [0.05, 0.1) is 0 Å². The van der Waals surface area contributed by atoms with E-state index in [4.69, 9.17) is 5.11 Å². The molecule has 0 aromatic carbocycles. The lowest BCUT2D eigenvalue weighted by atomic mass is 9.95. The predicted molar refractivity (Wildman–Crippen MR) is 85.8 cm³/mol. The summed E-state index contributed by atoms with van der Waals surface area (Å²) in [4.78, 5) is 20.6. The van der Waals surface area contributed by atoms with Crippen molar-refractivity contribution in [3.63, 3.8) is 0 Å². The number of carboxylic acids is 1. The average Bonchev–Trinajstić information content (AvgIpc) is 2.53. The Morgan fingerprint density at radius 3 is 2.73 bits per heavy atom. The van der Waals surface area contributed by atoms with Gasteiger partial charge in [0, 0.05) is 37.6 Å². The highest BCUT2D eigenvalue weighted by atomic mass is 16.4. The van der Waals surface area contributed by atoms with Crippen LogP contribution in [0, 0.1) is 0 Å². The van der Waals surface area contributed by atoms with Crippen LogP contribution in [0.5, 0.6) is 0 Å². The maximum absolute atomic E-state index is 10.7. The number of carbonyl (C=O) groups is 1. The van der Waals surface area contributed by atoms with E-state index in [1.165, 1.54) is 36.2 Å². The number of nitrogens with zero attached hydrogens (tertiary/aromatic N) is 3. The summed E-state index contributed by atoms with van der Waals surface area (Å²) in [5.74, 6) is -0.472. The molecule has 6 nitrogen and oxygen atoms in total. The zero-order chi connectivity index (χ0) is 15.9. The van der Waals surface area contributed by atoms with E-state index >= 15 is 0 Å². The monoisotopic (exact) mass is 304 g/mol. The molecule has 0 bridgehead atoms. The molecule has 22 heavy (non-hydrogen) atoms. The van der Waals surface area contributed by atoms with Crippen LogP contribution >= 0.6 is 0 Å². The molecule has 0 spiro atoms. The van der Waals surface area contributed by atoms with Gasteiger partial charge in [-0.3, -0.25) is 4.79 Å². The number of anilines is 1. The maximum atomic E-state index is 10.7. The molecule has 1 atom stereocenters. The van der Waals surface area contributed by atoms with Crippen molar-refractivity contribution in [1.82, 2.24) is 15.3 Å². The second kappa shape index (κ2) is 7.89. The first-order valence-electron chi connectivity index (χ1n) is 7.72. The lowest BCUT2D eigenvalue weighted by Crippen LogP contribution is -2.29. The van der Waals surface area contributed by atoms with Gasteiger partial charge in [-0.2, -0.15) is 0 Å². The molecule has 1 unspecified atom stereocenters. The van der Waals surface area contributed by atoms with Crippen molar-refractivity contribution in [1.29, 1.82) is 0 Å². The van der Waals surface area contributed by atoms with Crippen molar-refractivity contribution in [2.75, 3.05) is 18.5 Å². The minimum absolute atomic E-state index is 0.108.